The first kappa shape index (κ1) is 7.74. The van der Waals surface area contributed by atoms with Gasteiger partial charge in [0, 0.05) is 12.6 Å². The topological polar surface area (TPSA) is 92.0 Å². The third-order valence-corrected chi connectivity index (χ3v) is 1.33. The van der Waals surface area contributed by atoms with Gasteiger partial charge in [-0.15, -0.1) is 0 Å². The number of nitrogens with zero attached hydrogens (tertiary/aromatic N) is 1. The quantitative estimate of drug-likeness (QED) is 0.541. The van der Waals surface area contributed by atoms with E-state index in [4.69, 9.17) is 10.8 Å². The summed E-state index contributed by atoms with van der Waals surface area (Å²) in [5.74, 6) is -0.994. The molecule has 0 aliphatic heterocycles. The maximum Gasteiger partial charge on any atom is 0.320 e. The molecule has 60 valence electrons. The van der Waals surface area contributed by atoms with Crippen LogP contribution in [0.1, 0.15) is 5.56 Å². The Morgan fingerprint density at radius 1 is 1.91 bits per heavy atom. The highest BCUT2D eigenvalue weighted by molar-refractivity contribution is 5.73. The SMILES string of the molecule is N[C@H](Cc1cn[nH]c1)C(=O)O. The number of aromatic nitrogens is 2. The number of aliphatic carboxylic acids is 1. The number of aromatic amines is 1. The zero-order chi connectivity index (χ0) is 8.27. The molecule has 11 heavy (non-hydrogen) atoms. The molecule has 5 heteroatoms. The van der Waals surface area contributed by atoms with Crippen molar-refractivity contribution in [2.75, 3.05) is 0 Å². The highest BCUT2D eigenvalue weighted by Crippen LogP contribution is 1.97. The molecule has 0 aliphatic rings. The molecule has 1 heterocycles. The molecule has 1 rings (SSSR count). The largest absolute Gasteiger partial charge is 0.480 e. The van der Waals surface area contributed by atoms with Crippen molar-refractivity contribution < 1.29 is 9.90 Å². The molecule has 5 nitrogen and oxygen atoms in total. The van der Waals surface area contributed by atoms with Gasteiger partial charge in [0.05, 0.1) is 6.20 Å². The van der Waals surface area contributed by atoms with Crippen LogP contribution in [0.2, 0.25) is 0 Å². The Morgan fingerprint density at radius 3 is 3.09 bits per heavy atom. The first-order chi connectivity index (χ1) is 5.20. The first-order valence-corrected chi connectivity index (χ1v) is 3.16. The average Bonchev–Trinajstić information content (AvgIpc) is 2.39. The van der Waals surface area contributed by atoms with Gasteiger partial charge in [0.15, 0.2) is 0 Å². The van der Waals surface area contributed by atoms with E-state index in [2.05, 4.69) is 10.2 Å². The number of H-pyrrole nitrogens is 1. The second kappa shape index (κ2) is 3.16. The second-order valence-corrected chi connectivity index (χ2v) is 2.26. The van der Waals surface area contributed by atoms with Crippen LogP contribution in [0.5, 0.6) is 0 Å². The van der Waals surface area contributed by atoms with Gasteiger partial charge in [0.2, 0.25) is 0 Å². The standard InChI is InChI=1S/C6H9N3O2/c7-5(6(10)11)1-4-2-8-9-3-4/h2-3,5H,1,7H2,(H,8,9)(H,10,11)/t5-/m1/s1. The summed E-state index contributed by atoms with van der Waals surface area (Å²) in [6.07, 6.45) is 3.50. The molecule has 0 amide bonds. The lowest BCUT2D eigenvalue weighted by molar-refractivity contribution is -0.138. The van der Waals surface area contributed by atoms with Crippen LogP contribution in [0, 0.1) is 0 Å². The van der Waals surface area contributed by atoms with E-state index in [1.165, 1.54) is 0 Å². The number of carbonyl (C=O) groups is 1. The normalized spacial score (nSPS) is 12.8. The lowest BCUT2D eigenvalue weighted by atomic mass is 10.1. The Hall–Kier alpha value is -1.36. The van der Waals surface area contributed by atoms with E-state index in [1.807, 2.05) is 0 Å². The van der Waals surface area contributed by atoms with Gasteiger partial charge in [-0.25, -0.2) is 0 Å². The van der Waals surface area contributed by atoms with Gasteiger partial charge < -0.3 is 10.8 Å². The molecular formula is C6H9N3O2. The van der Waals surface area contributed by atoms with Gasteiger partial charge in [0.1, 0.15) is 6.04 Å². The zero-order valence-corrected chi connectivity index (χ0v) is 5.82. The van der Waals surface area contributed by atoms with Crippen molar-refractivity contribution in [3.63, 3.8) is 0 Å². The Kier molecular flexibility index (Phi) is 2.22. The number of nitrogens with two attached hydrogens (primary N) is 1. The number of nitrogens with one attached hydrogen (secondary N) is 1. The van der Waals surface area contributed by atoms with Gasteiger partial charge in [-0.05, 0) is 5.56 Å². The minimum atomic E-state index is -0.994. The third-order valence-electron chi connectivity index (χ3n) is 1.33. The lowest BCUT2D eigenvalue weighted by Crippen LogP contribution is -2.32. The molecule has 0 fully saturated rings. The van der Waals surface area contributed by atoms with Gasteiger partial charge >= 0.3 is 5.97 Å². The van der Waals surface area contributed by atoms with E-state index in [1.54, 1.807) is 12.4 Å². The summed E-state index contributed by atoms with van der Waals surface area (Å²) in [5, 5.41) is 14.7. The second-order valence-electron chi connectivity index (χ2n) is 2.26. The van der Waals surface area contributed by atoms with Crippen LogP contribution in [0.25, 0.3) is 0 Å². The molecule has 0 saturated carbocycles. The van der Waals surface area contributed by atoms with Crippen molar-refractivity contribution >= 4 is 5.97 Å². The van der Waals surface area contributed by atoms with Crippen molar-refractivity contribution in [1.29, 1.82) is 0 Å². The van der Waals surface area contributed by atoms with Crippen LogP contribution in [0.4, 0.5) is 0 Å². The molecule has 4 N–H and O–H groups in total. The summed E-state index contributed by atoms with van der Waals surface area (Å²) in [6, 6.07) is -0.840. The average molecular weight is 155 g/mol. The van der Waals surface area contributed by atoms with Crippen LogP contribution in [0.15, 0.2) is 12.4 Å². The summed E-state index contributed by atoms with van der Waals surface area (Å²) in [7, 11) is 0. The van der Waals surface area contributed by atoms with Crippen LogP contribution >= 0.6 is 0 Å². The molecular weight excluding hydrogens is 146 g/mol. The van der Waals surface area contributed by atoms with E-state index < -0.39 is 12.0 Å². The molecule has 1 atom stereocenters. The van der Waals surface area contributed by atoms with Crippen molar-refractivity contribution in [3.8, 4) is 0 Å². The number of carboxylic acid groups (broad SMARTS) is 1. The summed E-state index contributed by atoms with van der Waals surface area (Å²) >= 11 is 0. The zero-order valence-electron chi connectivity index (χ0n) is 5.82. The summed E-state index contributed by atoms with van der Waals surface area (Å²) < 4.78 is 0. The third kappa shape index (κ3) is 2.05. The van der Waals surface area contributed by atoms with E-state index in [-0.39, 0.29) is 0 Å². The molecule has 0 aromatic carbocycles. The molecule has 1 aromatic heterocycles. The number of rotatable bonds is 3. The van der Waals surface area contributed by atoms with Crippen molar-refractivity contribution in [2.24, 2.45) is 5.73 Å². The molecule has 0 unspecified atom stereocenters. The minimum Gasteiger partial charge on any atom is -0.480 e. The fourth-order valence-electron chi connectivity index (χ4n) is 0.731. The monoisotopic (exact) mass is 155 g/mol. The Balaban J connectivity index is 2.50. The Labute approximate surface area is 63.2 Å². The van der Waals surface area contributed by atoms with E-state index in [9.17, 15) is 4.79 Å². The molecule has 0 bridgehead atoms. The smallest absolute Gasteiger partial charge is 0.320 e. The number of hydrogen-bond acceptors (Lipinski definition) is 3. The van der Waals surface area contributed by atoms with E-state index in [0.717, 1.165) is 5.56 Å². The fraction of sp³-hybridized carbons (Fsp3) is 0.333. The summed E-state index contributed by atoms with van der Waals surface area (Å²) in [6.45, 7) is 0. The van der Waals surface area contributed by atoms with Gasteiger partial charge in [-0.3, -0.25) is 9.89 Å². The van der Waals surface area contributed by atoms with Crippen molar-refractivity contribution in [1.82, 2.24) is 10.2 Å². The predicted octanol–water partition coefficient (Wildman–Crippen LogP) is -0.636. The minimum absolute atomic E-state index is 0.311. The van der Waals surface area contributed by atoms with Gasteiger partial charge in [-0.2, -0.15) is 5.10 Å². The highest BCUT2D eigenvalue weighted by atomic mass is 16.4. The Morgan fingerprint density at radius 2 is 2.64 bits per heavy atom. The summed E-state index contributed by atoms with van der Waals surface area (Å²) in [5.41, 5.74) is 6.07. The fourth-order valence-corrected chi connectivity index (χ4v) is 0.731. The van der Waals surface area contributed by atoms with E-state index in [0.29, 0.717) is 6.42 Å². The van der Waals surface area contributed by atoms with E-state index >= 15 is 0 Å². The van der Waals surface area contributed by atoms with Crippen LogP contribution in [0.3, 0.4) is 0 Å². The van der Waals surface area contributed by atoms with Crippen LogP contribution in [-0.4, -0.2) is 27.3 Å². The molecule has 0 aliphatic carbocycles. The summed E-state index contributed by atoms with van der Waals surface area (Å²) in [4.78, 5) is 10.3. The number of carboxylic acids is 1. The molecule has 0 saturated heterocycles. The maximum atomic E-state index is 10.3. The molecule has 0 spiro atoms. The lowest BCUT2D eigenvalue weighted by Gasteiger charge is -2.01. The van der Waals surface area contributed by atoms with Crippen LogP contribution in [-0.2, 0) is 11.2 Å². The van der Waals surface area contributed by atoms with Crippen LogP contribution < -0.4 is 5.73 Å². The molecule has 0 radical (unpaired) electrons. The Bertz CT molecular complexity index is 232. The molecule has 1 aromatic rings. The van der Waals surface area contributed by atoms with Crippen molar-refractivity contribution in [3.05, 3.63) is 18.0 Å². The maximum absolute atomic E-state index is 10.3. The first-order valence-electron chi connectivity index (χ1n) is 3.16. The predicted molar refractivity (Wildman–Crippen MR) is 37.9 cm³/mol. The van der Waals surface area contributed by atoms with Gasteiger partial charge in [-0.1, -0.05) is 0 Å². The highest BCUT2D eigenvalue weighted by Gasteiger charge is 2.11. The van der Waals surface area contributed by atoms with Crippen molar-refractivity contribution in [2.45, 2.75) is 12.5 Å². The van der Waals surface area contributed by atoms with Gasteiger partial charge in [0.25, 0.3) is 0 Å². The number of hydrogen-bond donors (Lipinski definition) is 3.